The Kier molecular flexibility index (Phi) is 5.40. The Hall–Kier alpha value is -2.32. The van der Waals surface area contributed by atoms with Crippen LogP contribution in [0, 0.1) is 0 Å². The molecule has 0 bridgehead atoms. The third-order valence-electron chi connectivity index (χ3n) is 4.19. The van der Waals surface area contributed by atoms with Gasteiger partial charge < -0.3 is 14.3 Å². The molecule has 0 aliphatic carbocycles. The molecule has 0 radical (unpaired) electrons. The SMILES string of the molecule is COc1c(O)ccc2c(=O)cc(-c3ccc(CCCCP)cc3)oc12. The molecule has 1 heterocycles. The van der Waals surface area contributed by atoms with Crippen molar-refractivity contribution in [3.8, 4) is 22.8 Å². The lowest BCUT2D eigenvalue weighted by Crippen LogP contribution is -2.01. The van der Waals surface area contributed by atoms with E-state index < -0.39 is 0 Å². The summed E-state index contributed by atoms with van der Waals surface area (Å²) in [6, 6.07) is 12.5. The molecular weight excluding hydrogens is 335 g/mol. The molecule has 1 atom stereocenters. The number of hydrogen-bond donors (Lipinski definition) is 1. The maximum absolute atomic E-state index is 12.4. The summed E-state index contributed by atoms with van der Waals surface area (Å²) < 4.78 is 11.1. The zero-order valence-corrected chi connectivity index (χ0v) is 15.3. The van der Waals surface area contributed by atoms with Crippen LogP contribution in [0.3, 0.4) is 0 Å². The Morgan fingerprint density at radius 3 is 2.56 bits per heavy atom. The summed E-state index contributed by atoms with van der Waals surface area (Å²) in [6.07, 6.45) is 4.51. The second kappa shape index (κ2) is 7.71. The Morgan fingerprint density at radius 2 is 1.88 bits per heavy atom. The van der Waals surface area contributed by atoms with E-state index in [1.807, 2.05) is 12.1 Å². The topological polar surface area (TPSA) is 59.7 Å². The summed E-state index contributed by atoms with van der Waals surface area (Å²) >= 11 is 0. The van der Waals surface area contributed by atoms with Crippen LogP contribution in [0.5, 0.6) is 11.5 Å². The molecule has 1 unspecified atom stereocenters. The quantitative estimate of drug-likeness (QED) is 0.526. The van der Waals surface area contributed by atoms with Crippen molar-refractivity contribution in [2.45, 2.75) is 19.3 Å². The molecule has 0 saturated heterocycles. The minimum atomic E-state index is -0.168. The number of unbranched alkanes of at least 4 members (excludes halogenated alkanes) is 1. The van der Waals surface area contributed by atoms with Gasteiger partial charge in [-0.15, -0.1) is 9.24 Å². The van der Waals surface area contributed by atoms with E-state index in [0.29, 0.717) is 11.1 Å². The molecule has 0 amide bonds. The Balaban J connectivity index is 2.00. The number of benzene rings is 2. The molecule has 4 nitrogen and oxygen atoms in total. The van der Waals surface area contributed by atoms with Crippen LogP contribution in [0.2, 0.25) is 0 Å². The maximum Gasteiger partial charge on any atom is 0.204 e. The molecule has 0 spiro atoms. The second-order valence-electron chi connectivity index (χ2n) is 5.91. The third kappa shape index (κ3) is 3.69. The summed E-state index contributed by atoms with van der Waals surface area (Å²) in [5.74, 6) is 0.572. The molecule has 0 fully saturated rings. The van der Waals surface area contributed by atoms with Crippen LogP contribution in [-0.4, -0.2) is 18.4 Å². The van der Waals surface area contributed by atoms with Crippen LogP contribution < -0.4 is 10.2 Å². The standard InChI is InChI=1S/C20H21O4P/c1-23-20-16(21)10-9-15-17(22)12-18(24-19(15)20)14-7-5-13(6-8-14)4-2-3-11-25/h5-10,12,21H,2-4,11,25H2,1H3. The van der Waals surface area contributed by atoms with Gasteiger partial charge in [-0.3, -0.25) is 4.79 Å². The van der Waals surface area contributed by atoms with E-state index in [9.17, 15) is 9.90 Å². The van der Waals surface area contributed by atoms with E-state index in [-0.39, 0.29) is 22.5 Å². The van der Waals surface area contributed by atoms with Crippen molar-refractivity contribution in [3.63, 3.8) is 0 Å². The first-order chi connectivity index (χ1) is 12.1. The highest BCUT2D eigenvalue weighted by Gasteiger charge is 2.14. The number of ether oxygens (including phenoxy) is 1. The first kappa shape index (κ1) is 17.5. The number of aromatic hydroxyl groups is 1. The second-order valence-corrected chi connectivity index (χ2v) is 6.49. The van der Waals surface area contributed by atoms with Gasteiger partial charge in [-0.05, 0) is 43.1 Å². The van der Waals surface area contributed by atoms with Crippen molar-refractivity contribution in [1.82, 2.24) is 0 Å². The van der Waals surface area contributed by atoms with Crippen molar-refractivity contribution in [1.29, 1.82) is 0 Å². The molecule has 1 N–H and O–H groups in total. The zero-order chi connectivity index (χ0) is 17.8. The minimum absolute atomic E-state index is 0.0558. The summed E-state index contributed by atoms with van der Waals surface area (Å²) in [5, 5.41) is 10.3. The van der Waals surface area contributed by atoms with Crippen LogP contribution in [0.1, 0.15) is 18.4 Å². The Bertz CT molecular complexity index is 929. The van der Waals surface area contributed by atoms with E-state index in [1.54, 1.807) is 0 Å². The highest BCUT2D eigenvalue weighted by molar-refractivity contribution is 7.16. The van der Waals surface area contributed by atoms with Crippen LogP contribution in [0.15, 0.2) is 51.7 Å². The number of hydrogen-bond acceptors (Lipinski definition) is 4. The molecule has 130 valence electrons. The number of phenolic OH excluding ortho intramolecular Hbond substituents is 1. The van der Waals surface area contributed by atoms with Crippen molar-refractivity contribution in [3.05, 3.63) is 58.3 Å². The number of aryl methyl sites for hydroxylation is 1. The summed E-state index contributed by atoms with van der Waals surface area (Å²) in [6.45, 7) is 0. The zero-order valence-electron chi connectivity index (χ0n) is 14.1. The van der Waals surface area contributed by atoms with Crippen molar-refractivity contribution in [2.24, 2.45) is 0 Å². The average molecular weight is 356 g/mol. The first-order valence-corrected chi connectivity index (χ1v) is 9.09. The summed E-state index contributed by atoms with van der Waals surface area (Å²) in [5.41, 5.74) is 2.17. The number of fused-ring (bicyclic) bond motifs is 1. The van der Waals surface area contributed by atoms with Gasteiger partial charge in [0.1, 0.15) is 5.76 Å². The fourth-order valence-electron chi connectivity index (χ4n) is 2.83. The molecule has 1 aromatic heterocycles. The third-order valence-corrected chi connectivity index (χ3v) is 4.60. The van der Waals surface area contributed by atoms with Gasteiger partial charge in [0.25, 0.3) is 0 Å². The van der Waals surface area contributed by atoms with Gasteiger partial charge in [0.15, 0.2) is 16.8 Å². The summed E-state index contributed by atoms with van der Waals surface area (Å²) in [4.78, 5) is 12.4. The summed E-state index contributed by atoms with van der Waals surface area (Å²) in [7, 11) is 4.18. The molecule has 0 aliphatic heterocycles. The molecule has 5 heteroatoms. The normalized spacial score (nSPS) is 11.0. The maximum atomic E-state index is 12.4. The smallest absolute Gasteiger partial charge is 0.204 e. The predicted molar refractivity (Wildman–Crippen MR) is 104 cm³/mol. The van der Waals surface area contributed by atoms with Gasteiger partial charge in [-0.2, -0.15) is 0 Å². The lowest BCUT2D eigenvalue weighted by atomic mass is 10.0. The number of methoxy groups -OCH3 is 1. The number of rotatable bonds is 6. The van der Waals surface area contributed by atoms with E-state index in [1.165, 1.54) is 37.3 Å². The molecule has 3 aromatic rings. The van der Waals surface area contributed by atoms with Crippen molar-refractivity contribution < 1.29 is 14.3 Å². The highest BCUT2D eigenvalue weighted by atomic mass is 31.0. The van der Waals surface area contributed by atoms with Gasteiger partial charge in [0.05, 0.1) is 12.5 Å². The Labute approximate surface area is 148 Å². The van der Waals surface area contributed by atoms with Gasteiger partial charge in [0, 0.05) is 11.6 Å². The first-order valence-electron chi connectivity index (χ1n) is 8.27. The Morgan fingerprint density at radius 1 is 1.12 bits per heavy atom. The molecule has 3 rings (SSSR count). The lowest BCUT2D eigenvalue weighted by molar-refractivity contribution is 0.371. The highest BCUT2D eigenvalue weighted by Crippen LogP contribution is 2.35. The van der Waals surface area contributed by atoms with E-state index in [4.69, 9.17) is 9.15 Å². The van der Waals surface area contributed by atoms with Crippen LogP contribution in [0.25, 0.3) is 22.3 Å². The van der Waals surface area contributed by atoms with Crippen molar-refractivity contribution in [2.75, 3.05) is 13.3 Å². The lowest BCUT2D eigenvalue weighted by Gasteiger charge is -2.09. The largest absolute Gasteiger partial charge is 0.504 e. The van der Waals surface area contributed by atoms with Gasteiger partial charge >= 0.3 is 0 Å². The van der Waals surface area contributed by atoms with Crippen LogP contribution >= 0.6 is 9.24 Å². The van der Waals surface area contributed by atoms with E-state index in [0.717, 1.165) is 24.6 Å². The molecule has 2 aromatic carbocycles. The predicted octanol–water partition coefficient (Wildman–Crippen LogP) is 4.37. The molecule has 0 saturated carbocycles. The van der Waals surface area contributed by atoms with Gasteiger partial charge in [0.2, 0.25) is 5.75 Å². The van der Waals surface area contributed by atoms with Crippen LogP contribution in [-0.2, 0) is 6.42 Å². The van der Waals surface area contributed by atoms with E-state index >= 15 is 0 Å². The van der Waals surface area contributed by atoms with Gasteiger partial charge in [-0.1, -0.05) is 24.3 Å². The molecular formula is C20H21O4P. The van der Waals surface area contributed by atoms with Crippen molar-refractivity contribution >= 4 is 20.2 Å². The monoisotopic (exact) mass is 356 g/mol. The number of phenols is 1. The van der Waals surface area contributed by atoms with Crippen LogP contribution in [0.4, 0.5) is 0 Å². The minimum Gasteiger partial charge on any atom is -0.504 e. The average Bonchev–Trinajstić information content (AvgIpc) is 2.62. The molecule has 0 aliphatic rings. The van der Waals surface area contributed by atoms with Gasteiger partial charge in [-0.25, -0.2) is 0 Å². The van der Waals surface area contributed by atoms with E-state index in [2.05, 4.69) is 21.4 Å². The fraction of sp³-hybridized carbons (Fsp3) is 0.250. The fourth-order valence-corrected chi connectivity index (χ4v) is 3.12. The molecule has 25 heavy (non-hydrogen) atoms.